The predicted octanol–water partition coefficient (Wildman–Crippen LogP) is 9.12. The Kier molecular flexibility index (Phi) is 28.6. The molecule has 3 fully saturated rings. The lowest BCUT2D eigenvalue weighted by atomic mass is 9.91. The Morgan fingerprint density at radius 3 is 1.34 bits per heavy atom. The third-order valence-corrected chi connectivity index (χ3v) is 18.1. The Morgan fingerprint density at radius 1 is 0.480 bits per heavy atom. The van der Waals surface area contributed by atoms with E-state index in [0.717, 1.165) is 44.3 Å². The molecule has 3 heterocycles. The van der Waals surface area contributed by atoms with Gasteiger partial charge in [0.05, 0.1) is 81.9 Å². The summed E-state index contributed by atoms with van der Waals surface area (Å²) in [5.41, 5.74) is 3.54. The maximum atomic E-state index is 14.6. The Balaban J connectivity index is 0.863. The molecule has 24 heteroatoms. The van der Waals surface area contributed by atoms with Crippen LogP contribution in [0, 0.1) is 0 Å². The van der Waals surface area contributed by atoms with E-state index in [9.17, 15) is 28.8 Å². The summed E-state index contributed by atoms with van der Waals surface area (Å²) in [5, 5.41) is 5.55. The van der Waals surface area contributed by atoms with E-state index in [0.29, 0.717) is 158 Å². The van der Waals surface area contributed by atoms with Gasteiger partial charge >= 0.3 is 11.9 Å². The van der Waals surface area contributed by atoms with Crippen molar-refractivity contribution in [1.29, 1.82) is 0 Å². The molecule has 3 saturated heterocycles. The molecule has 3 aliphatic rings. The number of ether oxygens (including phenoxy) is 13. The molecule has 0 aromatic heterocycles. The number of esters is 2. The normalized spacial score (nSPS) is 16.8. The number of methoxy groups -OCH3 is 8. The van der Waals surface area contributed by atoms with E-state index in [2.05, 4.69) is 15.5 Å². The maximum Gasteiger partial charge on any atom is 0.329 e. The van der Waals surface area contributed by atoms with Crippen LogP contribution in [-0.4, -0.2) is 191 Å². The molecule has 0 spiro atoms. The first kappa shape index (κ1) is 74.6. The average Bonchev–Trinajstić information content (AvgIpc) is 0.801. The lowest BCUT2D eigenvalue weighted by Crippen LogP contribution is -2.50. The molecule has 2 N–H and O–H groups in total. The highest BCUT2D eigenvalue weighted by atomic mass is 16.6. The number of hydrogen-bond acceptors (Lipinski definition) is 20. The number of rotatable bonds is 35. The fourth-order valence-electron chi connectivity index (χ4n) is 12.9. The Hall–Kier alpha value is -9.16. The second-order valence-corrected chi connectivity index (χ2v) is 24.2. The van der Waals surface area contributed by atoms with Crippen molar-refractivity contribution in [1.82, 2.24) is 25.3 Å². The lowest BCUT2D eigenvalue weighted by molar-refractivity contribution is -0.163. The molecule has 98 heavy (non-hydrogen) atoms. The molecule has 5 aromatic carbocycles. The van der Waals surface area contributed by atoms with E-state index >= 15 is 0 Å². The van der Waals surface area contributed by atoms with Crippen LogP contribution < -0.4 is 58.0 Å². The topological polar surface area (TPSA) is 256 Å². The predicted molar refractivity (Wildman–Crippen MR) is 364 cm³/mol. The molecule has 4 amide bonds. The van der Waals surface area contributed by atoms with Crippen molar-refractivity contribution in [3.05, 3.63) is 119 Å². The van der Waals surface area contributed by atoms with Crippen LogP contribution in [-0.2, 0) is 49.4 Å². The zero-order chi connectivity index (χ0) is 70.1. The average molecular weight is 1360 g/mol. The molecular weight excluding hydrogens is 1260 g/mol. The van der Waals surface area contributed by atoms with Crippen LogP contribution in [0.25, 0.3) is 0 Å². The van der Waals surface area contributed by atoms with Gasteiger partial charge in [-0.3, -0.25) is 24.1 Å². The van der Waals surface area contributed by atoms with Gasteiger partial charge in [-0.25, -0.2) is 9.59 Å². The Labute approximate surface area is 575 Å². The summed E-state index contributed by atoms with van der Waals surface area (Å²) in [6.07, 6.45) is 4.45. The van der Waals surface area contributed by atoms with Gasteiger partial charge < -0.3 is 82.0 Å². The number of carbonyl (C=O) groups excluding carboxylic acids is 6. The molecule has 0 aliphatic carbocycles. The van der Waals surface area contributed by atoms with Crippen molar-refractivity contribution in [3.63, 3.8) is 0 Å². The maximum absolute atomic E-state index is 14.6. The van der Waals surface area contributed by atoms with Crippen LogP contribution in [0.3, 0.4) is 0 Å². The van der Waals surface area contributed by atoms with Gasteiger partial charge in [0.1, 0.15) is 35.8 Å². The summed E-state index contributed by atoms with van der Waals surface area (Å²) < 4.78 is 75.1. The summed E-state index contributed by atoms with van der Waals surface area (Å²) in [7, 11) is 12.3. The molecule has 0 bridgehead atoms. The molecule has 0 saturated carbocycles. The van der Waals surface area contributed by atoms with Gasteiger partial charge in [-0.05, 0) is 153 Å². The first-order chi connectivity index (χ1) is 47.6. The standard InChI is InChI=1S/C74H97N5O19/c1-11-55(51-42-63(88-5)69(92-9)64(43-51)89-6)71(82)78-32-15-13-23-57(78)73(84)97-59(27-25-48-26-28-61(86-3)62(39-48)87-4)49-19-17-21-53(40-49)95-46-67(80)75-30-31-76-68(81)47-96-54-22-18-20-50(41-54)60(29-34-77-35-37-94-38-36-77)98-74(85)58-24-14-16-33-79(58)72(83)56(12-2)52-44-65(90-7)70(93-10)66(45-52)91-8/h17-22,26,28,39-45,55-60H,11-16,23-25,27,29-38,46-47H2,1-10H3,(H,75,80)(H,76,81)/t55-,56-,57-,58-,59+,60+/m0/s1. The second kappa shape index (κ2) is 37.5. The highest BCUT2D eigenvalue weighted by Crippen LogP contribution is 2.44. The number of hydrogen-bond donors (Lipinski definition) is 2. The van der Waals surface area contributed by atoms with Gasteiger partial charge in [-0.2, -0.15) is 0 Å². The fourth-order valence-corrected chi connectivity index (χ4v) is 12.9. The molecule has 6 atom stereocenters. The van der Waals surface area contributed by atoms with Gasteiger partial charge in [0.25, 0.3) is 11.8 Å². The molecule has 3 aliphatic heterocycles. The van der Waals surface area contributed by atoms with E-state index < -0.39 is 59.9 Å². The number of piperidine rings is 2. The van der Waals surface area contributed by atoms with Gasteiger partial charge in [0.2, 0.25) is 23.3 Å². The number of benzene rings is 5. The Morgan fingerprint density at radius 2 is 0.918 bits per heavy atom. The zero-order valence-electron chi connectivity index (χ0n) is 58.3. The van der Waals surface area contributed by atoms with Crippen LogP contribution in [0.15, 0.2) is 91.0 Å². The number of aryl methyl sites for hydroxylation is 1. The van der Waals surface area contributed by atoms with E-state index in [4.69, 9.17) is 61.6 Å². The number of likely N-dealkylation sites (tertiary alicyclic amines) is 2. The van der Waals surface area contributed by atoms with Crippen LogP contribution in [0.2, 0.25) is 0 Å². The number of morpholine rings is 1. The summed E-state index contributed by atoms with van der Waals surface area (Å²) in [4.78, 5) is 90.2. The monoisotopic (exact) mass is 1360 g/mol. The van der Waals surface area contributed by atoms with E-state index in [-0.39, 0.29) is 38.1 Å². The summed E-state index contributed by atoms with van der Waals surface area (Å²) in [6.45, 7) is 7.38. The van der Waals surface area contributed by atoms with Crippen molar-refractivity contribution in [3.8, 4) is 57.5 Å². The smallest absolute Gasteiger partial charge is 0.329 e. The first-order valence-corrected chi connectivity index (χ1v) is 33.7. The second-order valence-electron chi connectivity index (χ2n) is 24.2. The van der Waals surface area contributed by atoms with Gasteiger partial charge in [0.15, 0.2) is 47.7 Å². The summed E-state index contributed by atoms with van der Waals surface area (Å²) >= 11 is 0. The van der Waals surface area contributed by atoms with Crippen LogP contribution in [0.4, 0.5) is 0 Å². The van der Waals surface area contributed by atoms with Crippen molar-refractivity contribution >= 4 is 35.6 Å². The molecule has 0 radical (unpaired) electrons. The third kappa shape index (κ3) is 19.6. The van der Waals surface area contributed by atoms with Crippen molar-refractivity contribution in [2.45, 2.75) is 121 Å². The first-order valence-electron chi connectivity index (χ1n) is 33.7. The highest BCUT2D eigenvalue weighted by Gasteiger charge is 2.40. The molecule has 0 unspecified atom stereocenters. The van der Waals surface area contributed by atoms with Crippen molar-refractivity contribution in [2.24, 2.45) is 0 Å². The zero-order valence-corrected chi connectivity index (χ0v) is 58.3. The van der Waals surface area contributed by atoms with E-state index in [1.807, 2.05) is 44.2 Å². The molecule has 8 rings (SSSR count). The third-order valence-electron chi connectivity index (χ3n) is 18.1. The lowest BCUT2D eigenvalue weighted by Gasteiger charge is -2.37. The fraction of sp³-hybridized carbons (Fsp3) is 0.514. The molecule has 5 aromatic rings. The van der Waals surface area contributed by atoms with Crippen molar-refractivity contribution in [2.75, 3.05) is 129 Å². The van der Waals surface area contributed by atoms with Gasteiger partial charge in [0, 0.05) is 52.2 Å². The molecule has 24 nitrogen and oxygen atoms in total. The van der Waals surface area contributed by atoms with Crippen LogP contribution in [0.1, 0.15) is 130 Å². The van der Waals surface area contributed by atoms with Gasteiger partial charge in [-0.15, -0.1) is 0 Å². The number of amides is 4. The SMILES string of the molecule is CC[C@H](C(=O)N1CCCC[C@H]1C(=O)O[C@H](CCc1ccc(OC)c(OC)c1)c1cccc(OCC(=O)NCCNC(=O)COc2cccc([C@@H](CCN3CCOCC3)OC(=O)[C@@H]3CCCCN3C(=O)[C@@H](CC)c3cc(OC)c(OC)c(OC)c3)c2)c1)c1cc(OC)c(OC)c(OC)c1. The molecular formula is C74H97N5O19. The van der Waals surface area contributed by atoms with Crippen LogP contribution in [0.5, 0.6) is 57.5 Å². The van der Waals surface area contributed by atoms with Gasteiger partial charge in [-0.1, -0.05) is 44.2 Å². The highest BCUT2D eigenvalue weighted by molar-refractivity contribution is 5.90. The van der Waals surface area contributed by atoms with Crippen molar-refractivity contribution < 1.29 is 90.3 Å². The Bertz CT molecular complexity index is 3420. The summed E-state index contributed by atoms with van der Waals surface area (Å²) in [6, 6.07) is 25.2. The summed E-state index contributed by atoms with van der Waals surface area (Å²) in [5.74, 6) is 0.827. The molecule has 532 valence electrons. The number of carbonyl (C=O) groups is 6. The van der Waals surface area contributed by atoms with E-state index in [1.165, 1.54) is 42.7 Å². The van der Waals surface area contributed by atoms with E-state index in [1.54, 1.807) is 84.7 Å². The number of nitrogens with zero attached hydrogens (tertiary/aromatic N) is 3. The quantitative estimate of drug-likeness (QED) is 0.0283. The number of nitrogens with one attached hydrogen (secondary N) is 2. The largest absolute Gasteiger partial charge is 0.493 e. The minimum Gasteiger partial charge on any atom is -0.493 e. The van der Waals surface area contributed by atoms with Crippen LogP contribution >= 0.6 is 0 Å². The minimum absolute atomic E-state index is 0.0874. The minimum atomic E-state index is -0.853.